The summed E-state index contributed by atoms with van der Waals surface area (Å²) in [6.45, 7) is 0.603. The van der Waals surface area contributed by atoms with Gasteiger partial charge in [-0.15, -0.1) is 0 Å². The number of ether oxygens (including phenoxy) is 1. The third-order valence-electron chi connectivity index (χ3n) is 3.48. The van der Waals surface area contributed by atoms with Crippen LogP contribution in [0.2, 0.25) is 0 Å². The Morgan fingerprint density at radius 2 is 2.04 bits per heavy atom. The van der Waals surface area contributed by atoms with Crippen molar-refractivity contribution in [2.45, 2.75) is 6.54 Å². The molecule has 0 aliphatic heterocycles. The van der Waals surface area contributed by atoms with E-state index < -0.39 is 0 Å². The van der Waals surface area contributed by atoms with Crippen LogP contribution in [0.1, 0.15) is 15.9 Å². The lowest BCUT2D eigenvalue weighted by Crippen LogP contribution is -2.11. The number of hydrogen-bond acceptors (Lipinski definition) is 3. The molecule has 1 amide bonds. The molecule has 0 bridgehead atoms. The van der Waals surface area contributed by atoms with Crippen molar-refractivity contribution in [3.8, 4) is 5.75 Å². The molecule has 24 heavy (non-hydrogen) atoms. The van der Waals surface area contributed by atoms with Crippen molar-refractivity contribution < 1.29 is 9.53 Å². The Morgan fingerprint density at radius 3 is 2.79 bits per heavy atom. The summed E-state index contributed by atoms with van der Waals surface area (Å²) in [5, 5.41) is 7.13. The molecule has 0 atom stereocenters. The molecule has 6 heteroatoms. The van der Waals surface area contributed by atoms with Gasteiger partial charge in [-0.3, -0.25) is 9.48 Å². The van der Waals surface area contributed by atoms with E-state index in [9.17, 15) is 4.79 Å². The molecule has 2 aromatic carbocycles. The quantitative estimate of drug-likeness (QED) is 0.723. The molecule has 3 rings (SSSR count). The maximum Gasteiger partial charge on any atom is 0.255 e. The molecule has 0 unspecified atom stereocenters. The highest BCUT2D eigenvalue weighted by molar-refractivity contribution is 9.10. The summed E-state index contributed by atoms with van der Waals surface area (Å²) in [5.41, 5.74) is 2.33. The molecule has 0 radical (unpaired) electrons. The van der Waals surface area contributed by atoms with Gasteiger partial charge in [-0.25, -0.2) is 0 Å². The van der Waals surface area contributed by atoms with Gasteiger partial charge < -0.3 is 10.1 Å². The Balaban J connectivity index is 1.66. The van der Waals surface area contributed by atoms with Crippen LogP contribution in [0, 0.1) is 0 Å². The van der Waals surface area contributed by atoms with Crippen LogP contribution in [0.15, 0.2) is 65.4 Å². The van der Waals surface area contributed by atoms with E-state index in [1.165, 1.54) is 0 Å². The van der Waals surface area contributed by atoms with Crippen LogP contribution in [-0.4, -0.2) is 22.8 Å². The van der Waals surface area contributed by atoms with Crippen molar-refractivity contribution >= 4 is 27.5 Å². The average molecular weight is 386 g/mol. The number of carbonyl (C=O) groups excluding carboxylic acids is 1. The fourth-order valence-corrected chi connectivity index (χ4v) is 2.54. The van der Waals surface area contributed by atoms with Gasteiger partial charge in [-0.1, -0.05) is 28.1 Å². The lowest BCUT2D eigenvalue weighted by molar-refractivity contribution is 0.102. The second-order valence-electron chi connectivity index (χ2n) is 5.24. The van der Waals surface area contributed by atoms with Crippen LogP contribution < -0.4 is 10.1 Å². The molecule has 0 spiro atoms. The van der Waals surface area contributed by atoms with Gasteiger partial charge in [-0.2, -0.15) is 5.10 Å². The molecule has 0 aliphatic carbocycles. The number of aromatic nitrogens is 2. The summed E-state index contributed by atoms with van der Waals surface area (Å²) in [6, 6.07) is 15.0. The largest absolute Gasteiger partial charge is 0.497 e. The van der Waals surface area contributed by atoms with Crippen molar-refractivity contribution in [1.29, 1.82) is 0 Å². The van der Waals surface area contributed by atoms with Gasteiger partial charge in [0.05, 0.1) is 25.5 Å². The number of benzene rings is 2. The monoisotopic (exact) mass is 385 g/mol. The normalized spacial score (nSPS) is 10.4. The molecule has 3 aromatic rings. The molecule has 1 N–H and O–H groups in total. The summed E-state index contributed by atoms with van der Waals surface area (Å²) in [7, 11) is 1.64. The Morgan fingerprint density at radius 1 is 1.25 bits per heavy atom. The van der Waals surface area contributed by atoms with Crippen molar-refractivity contribution in [3.05, 3.63) is 76.5 Å². The summed E-state index contributed by atoms with van der Waals surface area (Å²) in [5.74, 6) is 0.645. The van der Waals surface area contributed by atoms with Crippen LogP contribution in [0.25, 0.3) is 0 Å². The number of nitrogens with one attached hydrogen (secondary N) is 1. The van der Waals surface area contributed by atoms with E-state index in [4.69, 9.17) is 4.74 Å². The Hall–Kier alpha value is -2.60. The molecule has 122 valence electrons. The molecular weight excluding hydrogens is 370 g/mol. The zero-order valence-electron chi connectivity index (χ0n) is 13.1. The molecule has 5 nitrogen and oxygen atoms in total. The first-order valence-corrected chi connectivity index (χ1v) is 8.15. The van der Waals surface area contributed by atoms with Crippen LogP contribution >= 0.6 is 15.9 Å². The van der Waals surface area contributed by atoms with Gasteiger partial charge in [0.1, 0.15) is 5.75 Å². The van der Waals surface area contributed by atoms with Crippen molar-refractivity contribution in [1.82, 2.24) is 9.78 Å². The average Bonchev–Trinajstić information content (AvgIpc) is 3.02. The summed E-state index contributed by atoms with van der Waals surface area (Å²) < 4.78 is 7.92. The zero-order chi connectivity index (χ0) is 16.9. The van der Waals surface area contributed by atoms with Gasteiger partial charge >= 0.3 is 0 Å². The molecule has 0 saturated heterocycles. The number of hydrogen-bond donors (Lipinski definition) is 1. The molecule has 0 aliphatic rings. The lowest BCUT2D eigenvalue weighted by Gasteiger charge is -2.05. The van der Waals surface area contributed by atoms with Gasteiger partial charge in [0.25, 0.3) is 5.91 Å². The Bertz CT molecular complexity index is 843. The summed E-state index contributed by atoms with van der Waals surface area (Å²) in [4.78, 5) is 12.2. The van der Waals surface area contributed by atoms with E-state index in [0.717, 1.165) is 15.8 Å². The Kier molecular flexibility index (Phi) is 4.96. The van der Waals surface area contributed by atoms with E-state index in [1.54, 1.807) is 36.3 Å². The molecule has 0 saturated carbocycles. The fraction of sp³-hybridized carbons (Fsp3) is 0.111. The van der Waals surface area contributed by atoms with Crippen LogP contribution in [0.5, 0.6) is 5.75 Å². The van der Waals surface area contributed by atoms with Gasteiger partial charge in [-0.05, 0) is 42.0 Å². The number of amides is 1. The first-order valence-electron chi connectivity index (χ1n) is 7.36. The topological polar surface area (TPSA) is 56.1 Å². The highest BCUT2D eigenvalue weighted by Crippen LogP contribution is 2.15. The minimum atomic E-state index is -0.163. The summed E-state index contributed by atoms with van der Waals surface area (Å²) >= 11 is 3.35. The van der Waals surface area contributed by atoms with Gasteiger partial charge in [0, 0.05) is 16.2 Å². The number of halogens is 1. The molecule has 1 heterocycles. The van der Waals surface area contributed by atoms with Gasteiger partial charge in [0.15, 0.2) is 0 Å². The van der Waals surface area contributed by atoms with E-state index in [1.807, 2.05) is 36.4 Å². The number of nitrogens with zero attached hydrogens (tertiary/aromatic N) is 2. The van der Waals surface area contributed by atoms with Crippen molar-refractivity contribution in [3.63, 3.8) is 0 Å². The fourth-order valence-electron chi connectivity index (χ4n) is 2.28. The van der Waals surface area contributed by atoms with Crippen molar-refractivity contribution in [2.75, 3.05) is 12.4 Å². The highest BCUT2D eigenvalue weighted by atomic mass is 79.9. The van der Waals surface area contributed by atoms with E-state index in [2.05, 4.69) is 26.3 Å². The van der Waals surface area contributed by atoms with E-state index in [0.29, 0.717) is 17.8 Å². The predicted molar refractivity (Wildman–Crippen MR) is 96.4 cm³/mol. The third-order valence-corrected chi connectivity index (χ3v) is 4.00. The van der Waals surface area contributed by atoms with Crippen LogP contribution in [-0.2, 0) is 6.54 Å². The first-order chi connectivity index (χ1) is 11.6. The number of carbonyl (C=O) groups is 1. The summed E-state index contributed by atoms with van der Waals surface area (Å²) in [6.07, 6.45) is 3.44. The maximum atomic E-state index is 12.2. The maximum absolute atomic E-state index is 12.2. The highest BCUT2D eigenvalue weighted by Gasteiger charge is 2.08. The lowest BCUT2D eigenvalue weighted by atomic mass is 10.2. The zero-order valence-corrected chi connectivity index (χ0v) is 14.7. The number of rotatable bonds is 5. The minimum absolute atomic E-state index is 0.163. The predicted octanol–water partition coefficient (Wildman–Crippen LogP) is 3.95. The van der Waals surface area contributed by atoms with E-state index >= 15 is 0 Å². The van der Waals surface area contributed by atoms with Crippen LogP contribution in [0.4, 0.5) is 5.69 Å². The van der Waals surface area contributed by atoms with Crippen LogP contribution in [0.3, 0.4) is 0 Å². The molecule has 1 aromatic heterocycles. The minimum Gasteiger partial charge on any atom is -0.497 e. The molecule has 0 fully saturated rings. The smallest absolute Gasteiger partial charge is 0.255 e. The second-order valence-corrected chi connectivity index (χ2v) is 6.15. The SMILES string of the molecule is COc1cccc(Cn2cc(NC(=O)c3ccc(Br)cc3)cn2)c1. The first kappa shape index (κ1) is 16.3. The van der Waals surface area contributed by atoms with Crippen molar-refractivity contribution in [2.24, 2.45) is 0 Å². The Labute approximate surface area is 148 Å². The third kappa shape index (κ3) is 4.02. The molecular formula is C18H16BrN3O2. The standard InChI is InChI=1S/C18H16BrN3O2/c1-24-17-4-2-3-13(9-17)11-22-12-16(10-20-22)21-18(23)14-5-7-15(19)8-6-14/h2-10,12H,11H2,1H3,(H,21,23). The second kappa shape index (κ2) is 7.31. The van der Waals surface area contributed by atoms with Gasteiger partial charge in [0.2, 0.25) is 0 Å². The number of methoxy groups -OCH3 is 1. The number of anilines is 1. The van der Waals surface area contributed by atoms with E-state index in [-0.39, 0.29) is 5.91 Å².